The summed E-state index contributed by atoms with van der Waals surface area (Å²) in [6.45, 7) is 0.271. The van der Waals surface area contributed by atoms with Gasteiger partial charge in [-0.1, -0.05) is 15.9 Å². The molecule has 0 heterocycles. The number of carbonyl (C=O) groups is 1. The molecule has 0 atom stereocenters. The van der Waals surface area contributed by atoms with Crippen LogP contribution in [0.25, 0.3) is 0 Å². The van der Waals surface area contributed by atoms with Gasteiger partial charge in [0.05, 0.1) is 12.0 Å². The Morgan fingerprint density at radius 3 is 2.25 bits per heavy atom. The highest BCUT2D eigenvalue weighted by Gasteiger charge is 2.14. The average molecular weight is 442 g/mol. The van der Waals surface area contributed by atoms with E-state index in [-0.39, 0.29) is 18.1 Å². The van der Waals surface area contributed by atoms with E-state index in [1.165, 1.54) is 12.1 Å². The summed E-state index contributed by atoms with van der Waals surface area (Å²) >= 11 is 3.39. The van der Waals surface area contributed by atoms with Crippen LogP contribution < -0.4 is 9.47 Å². The van der Waals surface area contributed by atoms with Crippen molar-refractivity contribution in [3.63, 3.8) is 0 Å². The first-order chi connectivity index (χ1) is 13.5. The number of nitro groups is 1. The van der Waals surface area contributed by atoms with E-state index in [0.29, 0.717) is 27.1 Å². The molecule has 6 nitrogen and oxygen atoms in total. The number of ketones is 1. The molecule has 0 bridgehead atoms. The van der Waals surface area contributed by atoms with Crippen molar-refractivity contribution in [2.45, 2.75) is 6.61 Å². The van der Waals surface area contributed by atoms with Crippen molar-refractivity contribution in [3.05, 3.63) is 98.0 Å². The van der Waals surface area contributed by atoms with Crippen molar-refractivity contribution < 1.29 is 19.2 Å². The Hall–Kier alpha value is -3.19. The average Bonchev–Trinajstić information content (AvgIpc) is 2.73. The minimum Gasteiger partial charge on any atom is -0.497 e. The Bertz CT molecular complexity index is 1000. The van der Waals surface area contributed by atoms with Crippen LogP contribution in [0.2, 0.25) is 0 Å². The minimum atomic E-state index is -0.443. The zero-order chi connectivity index (χ0) is 20.1. The summed E-state index contributed by atoms with van der Waals surface area (Å²) in [5.74, 6) is 1.07. The summed E-state index contributed by atoms with van der Waals surface area (Å²) in [4.78, 5) is 23.0. The number of carbonyl (C=O) groups excluding carboxylic acids is 1. The quantitative estimate of drug-likeness (QED) is 0.286. The zero-order valence-electron chi connectivity index (χ0n) is 14.9. The van der Waals surface area contributed by atoms with Crippen molar-refractivity contribution >= 4 is 27.4 Å². The molecule has 3 aromatic rings. The van der Waals surface area contributed by atoms with Crippen LogP contribution >= 0.6 is 15.9 Å². The third kappa shape index (κ3) is 4.55. The fraction of sp³-hybridized carbons (Fsp3) is 0.0952. The molecule has 3 aromatic carbocycles. The molecule has 0 aliphatic heterocycles. The third-order valence-electron chi connectivity index (χ3n) is 4.09. The Labute approximate surface area is 170 Å². The first kappa shape index (κ1) is 19.6. The summed E-state index contributed by atoms with van der Waals surface area (Å²) < 4.78 is 11.6. The second-order valence-corrected chi connectivity index (χ2v) is 6.77. The topological polar surface area (TPSA) is 78.7 Å². The van der Waals surface area contributed by atoms with E-state index in [0.717, 1.165) is 5.56 Å². The second-order valence-electron chi connectivity index (χ2n) is 5.91. The summed E-state index contributed by atoms with van der Waals surface area (Å²) in [5.41, 5.74) is 1.89. The number of nitro benzene ring substituents is 1. The lowest BCUT2D eigenvalue weighted by atomic mass is 10.0. The van der Waals surface area contributed by atoms with E-state index in [1.807, 2.05) is 0 Å². The Balaban J connectivity index is 1.68. The van der Waals surface area contributed by atoms with Crippen LogP contribution in [0.15, 0.2) is 71.2 Å². The van der Waals surface area contributed by atoms with Crippen molar-refractivity contribution in [3.8, 4) is 11.5 Å². The number of nitrogens with zero attached hydrogens (tertiary/aromatic N) is 1. The van der Waals surface area contributed by atoms with Crippen molar-refractivity contribution in [2.24, 2.45) is 0 Å². The minimum absolute atomic E-state index is 0.0373. The molecular weight excluding hydrogens is 426 g/mol. The van der Waals surface area contributed by atoms with Gasteiger partial charge >= 0.3 is 0 Å². The van der Waals surface area contributed by atoms with E-state index in [2.05, 4.69) is 15.9 Å². The van der Waals surface area contributed by atoms with Gasteiger partial charge in [0.25, 0.3) is 5.69 Å². The number of halogens is 1. The molecule has 0 aromatic heterocycles. The van der Waals surface area contributed by atoms with Gasteiger partial charge < -0.3 is 9.47 Å². The van der Waals surface area contributed by atoms with Crippen LogP contribution in [0.3, 0.4) is 0 Å². The first-order valence-corrected chi connectivity index (χ1v) is 9.11. The lowest BCUT2D eigenvalue weighted by Crippen LogP contribution is -2.03. The number of rotatable bonds is 7. The molecule has 0 saturated heterocycles. The van der Waals surface area contributed by atoms with Crippen LogP contribution in [-0.2, 0) is 6.61 Å². The molecular formula is C21H16BrNO5. The van der Waals surface area contributed by atoms with Crippen LogP contribution in [0, 0.1) is 10.1 Å². The largest absolute Gasteiger partial charge is 0.497 e. The Morgan fingerprint density at radius 2 is 1.64 bits per heavy atom. The summed E-state index contributed by atoms with van der Waals surface area (Å²) in [6.07, 6.45) is 0. The number of hydrogen-bond acceptors (Lipinski definition) is 5. The third-order valence-corrected chi connectivity index (χ3v) is 4.78. The second kappa shape index (κ2) is 8.67. The molecule has 3 rings (SSSR count). The van der Waals surface area contributed by atoms with Gasteiger partial charge in [-0.2, -0.15) is 0 Å². The van der Waals surface area contributed by atoms with Gasteiger partial charge in [-0.05, 0) is 60.2 Å². The maximum atomic E-state index is 12.7. The highest BCUT2D eigenvalue weighted by Crippen LogP contribution is 2.26. The van der Waals surface area contributed by atoms with E-state index < -0.39 is 4.92 Å². The van der Waals surface area contributed by atoms with Gasteiger partial charge in [0.2, 0.25) is 0 Å². The van der Waals surface area contributed by atoms with Gasteiger partial charge in [0.1, 0.15) is 18.1 Å². The van der Waals surface area contributed by atoms with Crippen LogP contribution in [0.1, 0.15) is 21.5 Å². The molecule has 0 aliphatic carbocycles. The van der Waals surface area contributed by atoms with Crippen LogP contribution in [-0.4, -0.2) is 17.8 Å². The van der Waals surface area contributed by atoms with E-state index >= 15 is 0 Å². The lowest BCUT2D eigenvalue weighted by Gasteiger charge is -2.09. The molecule has 0 aliphatic rings. The summed E-state index contributed by atoms with van der Waals surface area (Å²) in [7, 11) is 1.55. The SMILES string of the molecule is COc1ccc(Br)c(C(=O)c2ccc(OCc3ccc([N+](=O)[O-])cc3)cc2)c1. The maximum absolute atomic E-state index is 12.7. The Kier molecular flexibility index (Phi) is 6.06. The number of benzene rings is 3. The smallest absolute Gasteiger partial charge is 0.269 e. The molecule has 0 spiro atoms. The lowest BCUT2D eigenvalue weighted by molar-refractivity contribution is -0.384. The number of hydrogen-bond donors (Lipinski definition) is 0. The van der Waals surface area contributed by atoms with Gasteiger partial charge in [0, 0.05) is 27.7 Å². The van der Waals surface area contributed by atoms with E-state index in [4.69, 9.17) is 9.47 Å². The standard InChI is InChI=1S/C21H16BrNO5/c1-27-18-10-11-20(22)19(12-18)21(24)15-4-8-17(9-5-15)28-13-14-2-6-16(7-3-14)23(25)26/h2-12H,13H2,1H3. The van der Waals surface area contributed by atoms with Crippen molar-refractivity contribution in [1.82, 2.24) is 0 Å². The fourth-order valence-corrected chi connectivity index (χ4v) is 2.97. The number of ether oxygens (including phenoxy) is 2. The van der Waals surface area contributed by atoms with Crippen molar-refractivity contribution in [2.75, 3.05) is 7.11 Å². The highest BCUT2D eigenvalue weighted by atomic mass is 79.9. The van der Waals surface area contributed by atoms with Gasteiger partial charge in [-0.15, -0.1) is 0 Å². The highest BCUT2D eigenvalue weighted by molar-refractivity contribution is 9.10. The molecule has 142 valence electrons. The van der Waals surface area contributed by atoms with E-state index in [1.54, 1.807) is 61.7 Å². The predicted molar refractivity (Wildman–Crippen MR) is 108 cm³/mol. The molecule has 0 radical (unpaired) electrons. The van der Waals surface area contributed by atoms with Gasteiger partial charge in [0.15, 0.2) is 5.78 Å². The molecule has 0 fully saturated rings. The van der Waals surface area contributed by atoms with Gasteiger partial charge in [-0.25, -0.2) is 0 Å². The molecule has 0 saturated carbocycles. The number of methoxy groups -OCH3 is 1. The van der Waals surface area contributed by atoms with Gasteiger partial charge in [-0.3, -0.25) is 14.9 Å². The fourth-order valence-electron chi connectivity index (χ4n) is 2.54. The summed E-state index contributed by atoms with van der Waals surface area (Å²) in [5, 5.41) is 10.7. The molecule has 0 N–H and O–H groups in total. The Morgan fingerprint density at radius 1 is 1.00 bits per heavy atom. The maximum Gasteiger partial charge on any atom is 0.269 e. The van der Waals surface area contributed by atoms with Crippen LogP contribution in [0.5, 0.6) is 11.5 Å². The molecule has 0 unspecified atom stereocenters. The summed E-state index contributed by atoms with van der Waals surface area (Å²) in [6, 6.07) is 18.2. The monoisotopic (exact) mass is 441 g/mol. The number of non-ortho nitro benzene ring substituents is 1. The molecule has 7 heteroatoms. The normalized spacial score (nSPS) is 10.4. The zero-order valence-corrected chi connectivity index (χ0v) is 16.5. The molecule has 0 amide bonds. The predicted octanol–water partition coefficient (Wildman–Crippen LogP) is 5.18. The van der Waals surface area contributed by atoms with Crippen molar-refractivity contribution in [1.29, 1.82) is 0 Å². The van der Waals surface area contributed by atoms with Crippen LogP contribution in [0.4, 0.5) is 5.69 Å². The first-order valence-electron chi connectivity index (χ1n) is 8.32. The van der Waals surface area contributed by atoms with E-state index in [9.17, 15) is 14.9 Å². The molecule has 28 heavy (non-hydrogen) atoms.